The van der Waals surface area contributed by atoms with Gasteiger partial charge in [-0.25, -0.2) is 9.82 Å². The highest BCUT2D eigenvalue weighted by atomic mass is 19.1. The molecule has 1 heterocycles. The van der Waals surface area contributed by atoms with Crippen LogP contribution in [-0.2, 0) is 17.8 Å². The van der Waals surface area contributed by atoms with Crippen LogP contribution in [0.25, 0.3) is 10.9 Å². The predicted molar refractivity (Wildman–Crippen MR) is 145 cm³/mol. The normalized spacial score (nSPS) is 10.9. The lowest BCUT2D eigenvalue weighted by Crippen LogP contribution is -2.24. The lowest BCUT2D eigenvalue weighted by Gasteiger charge is -2.17. The van der Waals surface area contributed by atoms with Gasteiger partial charge in [-0.2, -0.15) is 5.10 Å². The van der Waals surface area contributed by atoms with Crippen LogP contribution < -0.4 is 19.6 Å². The highest BCUT2D eigenvalue weighted by molar-refractivity contribution is 5.86. The molecule has 0 bridgehead atoms. The minimum atomic E-state index is -0.416. The highest BCUT2D eigenvalue weighted by Gasteiger charge is 2.14. The fourth-order valence-electron chi connectivity index (χ4n) is 3.82. The van der Waals surface area contributed by atoms with Crippen LogP contribution in [0.15, 0.2) is 90.7 Å². The topological polar surface area (TPSA) is 82.0 Å². The molecule has 0 spiro atoms. The van der Waals surface area contributed by atoms with Crippen LogP contribution in [0, 0.1) is 5.82 Å². The standard InChI is InChI=1S/C30H28FN3O4/c1-3-8-24-15-22(17-27(36-4-2)30(24)38-19-21-9-5-12-25(31)16-21)18-33-34-28(35)20-37-26-13-6-10-23-11-7-14-32-29(23)26/h3,5-7,9-18H,1,4,8,19-20H2,2H3,(H,34,35)/b33-18+. The van der Waals surface area contributed by atoms with Gasteiger partial charge in [-0.1, -0.05) is 36.4 Å². The maximum atomic E-state index is 13.6. The maximum Gasteiger partial charge on any atom is 0.277 e. The lowest BCUT2D eigenvalue weighted by atomic mass is 10.1. The van der Waals surface area contributed by atoms with E-state index >= 15 is 0 Å². The van der Waals surface area contributed by atoms with Crippen molar-refractivity contribution in [1.82, 2.24) is 10.4 Å². The Hall–Kier alpha value is -4.72. The number of nitrogens with zero attached hydrogens (tertiary/aromatic N) is 2. The third-order valence-corrected chi connectivity index (χ3v) is 5.45. The molecule has 8 heteroatoms. The summed E-state index contributed by atoms with van der Waals surface area (Å²) in [5, 5.41) is 4.99. The Morgan fingerprint density at radius 3 is 2.71 bits per heavy atom. The van der Waals surface area contributed by atoms with E-state index in [1.807, 2.05) is 37.3 Å². The number of nitrogens with one attached hydrogen (secondary N) is 1. The minimum Gasteiger partial charge on any atom is -0.490 e. The number of carbonyl (C=O) groups excluding carboxylic acids is 1. The molecule has 0 saturated carbocycles. The van der Waals surface area contributed by atoms with Gasteiger partial charge in [0.1, 0.15) is 23.7 Å². The number of hydrogen-bond acceptors (Lipinski definition) is 6. The molecule has 4 rings (SSSR count). The highest BCUT2D eigenvalue weighted by Crippen LogP contribution is 2.34. The van der Waals surface area contributed by atoms with Gasteiger partial charge < -0.3 is 14.2 Å². The van der Waals surface area contributed by atoms with Crippen LogP contribution in [0.4, 0.5) is 4.39 Å². The average molecular weight is 514 g/mol. The van der Waals surface area contributed by atoms with Crippen molar-refractivity contribution in [2.24, 2.45) is 5.10 Å². The van der Waals surface area contributed by atoms with Gasteiger partial charge in [0, 0.05) is 17.1 Å². The second kappa shape index (κ2) is 13.0. The first-order valence-corrected chi connectivity index (χ1v) is 12.1. The molecule has 4 aromatic rings. The maximum absolute atomic E-state index is 13.6. The van der Waals surface area contributed by atoms with E-state index in [0.29, 0.717) is 46.9 Å². The Kier molecular flexibility index (Phi) is 9.02. The quantitative estimate of drug-likeness (QED) is 0.151. The smallest absolute Gasteiger partial charge is 0.277 e. The third-order valence-electron chi connectivity index (χ3n) is 5.45. The van der Waals surface area contributed by atoms with E-state index in [9.17, 15) is 9.18 Å². The zero-order valence-electron chi connectivity index (χ0n) is 21.0. The zero-order chi connectivity index (χ0) is 26.7. The molecule has 1 aromatic heterocycles. The van der Waals surface area contributed by atoms with Crippen LogP contribution in [0.1, 0.15) is 23.6 Å². The molecule has 0 radical (unpaired) electrons. The number of rotatable bonds is 12. The fourth-order valence-corrected chi connectivity index (χ4v) is 3.82. The van der Waals surface area contributed by atoms with Crippen molar-refractivity contribution in [1.29, 1.82) is 0 Å². The molecule has 0 aliphatic heterocycles. The van der Waals surface area contributed by atoms with Crippen molar-refractivity contribution >= 4 is 23.0 Å². The summed E-state index contributed by atoms with van der Waals surface area (Å²) in [5.74, 6) is 0.847. The molecule has 0 atom stereocenters. The van der Waals surface area contributed by atoms with E-state index < -0.39 is 5.91 Å². The molecule has 194 valence electrons. The van der Waals surface area contributed by atoms with E-state index in [2.05, 4.69) is 22.1 Å². The molecule has 0 fully saturated rings. The van der Waals surface area contributed by atoms with E-state index in [0.717, 1.165) is 10.9 Å². The summed E-state index contributed by atoms with van der Waals surface area (Å²) in [6.45, 7) is 6.08. The van der Waals surface area contributed by atoms with Gasteiger partial charge in [0.25, 0.3) is 5.91 Å². The van der Waals surface area contributed by atoms with Crippen molar-refractivity contribution < 1.29 is 23.4 Å². The number of amides is 1. The molecule has 0 aliphatic carbocycles. The predicted octanol–water partition coefficient (Wildman–Crippen LogP) is 5.61. The summed E-state index contributed by atoms with van der Waals surface area (Å²) >= 11 is 0. The van der Waals surface area contributed by atoms with E-state index in [4.69, 9.17) is 14.2 Å². The number of fused-ring (bicyclic) bond motifs is 1. The number of allylic oxidation sites excluding steroid dienone is 1. The number of hydrazone groups is 1. The summed E-state index contributed by atoms with van der Waals surface area (Å²) in [6.07, 6.45) is 5.46. The first kappa shape index (κ1) is 26.3. The molecule has 3 aromatic carbocycles. The minimum absolute atomic E-state index is 0.178. The van der Waals surface area contributed by atoms with Crippen LogP contribution in [-0.4, -0.2) is 30.3 Å². The van der Waals surface area contributed by atoms with Crippen molar-refractivity contribution in [3.05, 3.63) is 108 Å². The van der Waals surface area contributed by atoms with Gasteiger partial charge in [0.05, 0.1) is 12.8 Å². The van der Waals surface area contributed by atoms with Gasteiger partial charge in [-0.3, -0.25) is 9.78 Å². The number of para-hydroxylation sites is 1. The number of hydrogen-bond donors (Lipinski definition) is 1. The Morgan fingerprint density at radius 1 is 1.05 bits per heavy atom. The molecule has 0 unspecified atom stereocenters. The van der Waals surface area contributed by atoms with Gasteiger partial charge in [-0.15, -0.1) is 6.58 Å². The van der Waals surface area contributed by atoms with Crippen LogP contribution in [0.3, 0.4) is 0 Å². The van der Waals surface area contributed by atoms with E-state index in [1.165, 1.54) is 18.3 Å². The molecule has 1 amide bonds. The molecule has 1 N–H and O–H groups in total. The Labute approximate surface area is 220 Å². The average Bonchev–Trinajstić information content (AvgIpc) is 2.92. The molecule has 7 nitrogen and oxygen atoms in total. The van der Waals surface area contributed by atoms with Crippen LogP contribution in [0.5, 0.6) is 17.2 Å². The number of halogens is 1. The molecular formula is C30H28FN3O4. The third kappa shape index (κ3) is 6.94. The number of aromatic nitrogens is 1. The Bertz CT molecular complexity index is 1450. The summed E-state index contributed by atoms with van der Waals surface area (Å²) in [5.41, 5.74) is 5.38. The summed E-state index contributed by atoms with van der Waals surface area (Å²) in [7, 11) is 0. The van der Waals surface area contributed by atoms with Gasteiger partial charge in [0.15, 0.2) is 18.1 Å². The largest absolute Gasteiger partial charge is 0.490 e. The molecular weight excluding hydrogens is 485 g/mol. The second-order valence-corrected chi connectivity index (χ2v) is 8.26. The van der Waals surface area contributed by atoms with E-state index in [1.54, 1.807) is 36.5 Å². The first-order valence-electron chi connectivity index (χ1n) is 12.1. The lowest BCUT2D eigenvalue weighted by molar-refractivity contribution is -0.123. The van der Waals surface area contributed by atoms with E-state index in [-0.39, 0.29) is 19.0 Å². The molecule has 0 aliphatic rings. The number of carbonyl (C=O) groups is 1. The SMILES string of the molecule is C=CCc1cc(/C=N/NC(=O)COc2cccc3cccnc23)cc(OCC)c1OCc1cccc(F)c1. The number of pyridine rings is 1. The van der Waals surface area contributed by atoms with Crippen molar-refractivity contribution in [2.45, 2.75) is 20.0 Å². The number of ether oxygens (including phenoxy) is 3. The van der Waals surface area contributed by atoms with Crippen LogP contribution in [0.2, 0.25) is 0 Å². The first-order chi connectivity index (χ1) is 18.6. The summed E-state index contributed by atoms with van der Waals surface area (Å²) < 4.78 is 31.1. The summed E-state index contributed by atoms with van der Waals surface area (Å²) in [6, 6.07) is 19.2. The van der Waals surface area contributed by atoms with Crippen molar-refractivity contribution in [3.63, 3.8) is 0 Å². The Morgan fingerprint density at radius 2 is 1.89 bits per heavy atom. The zero-order valence-corrected chi connectivity index (χ0v) is 21.0. The van der Waals surface area contributed by atoms with Crippen LogP contribution >= 0.6 is 0 Å². The Balaban J connectivity index is 1.43. The second-order valence-electron chi connectivity index (χ2n) is 8.26. The van der Waals surface area contributed by atoms with Crippen molar-refractivity contribution in [3.8, 4) is 17.2 Å². The van der Waals surface area contributed by atoms with Gasteiger partial charge in [0.2, 0.25) is 0 Å². The van der Waals surface area contributed by atoms with Crippen molar-refractivity contribution in [2.75, 3.05) is 13.2 Å². The fraction of sp³-hybridized carbons (Fsp3) is 0.167. The van der Waals surface area contributed by atoms with Gasteiger partial charge >= 0.3 is 0 Å². The molecule has 38 heavy (non-hydrogen) atoms. The monoisotopic (exact) mass is 513 g/mol. The van der Waals surface area contributed by atoms with Gasteiger partial charge in [-0.05, 0) is 60.9 Å². The molecule has 0 saturated heterocycles. The summed E-state index contributed by atoms with van der Waals surface area (Å²) in [4.78, 5) is 16.6. The number of benzene rings is 3.